The second kappa shape index (κ2) is 23.0. The van der Waals surface area contributed by atoms with Crippen molar-refractivity contribution in [1.29, 1.82) is 0 Å². The Kier molecular flexibility index (Phi) is 17.9. The fourth-order valence-electron chi connectivity index (χ4n) is 7.61. The van der Waals surface area contributed by atoms with E-state index in [1.165, 1.54) is 127 Å². The third-order valence-corrected chi connectivity index (χ3v) is 15.4. The highest BCUT2D eigenvalue weighted by atomic mass is 79.9. The Labute approximate surface area is 366 Å². The van der Waals surface area contributed by atoms with Crippen molar-refractivity contribution in [2.45, 2.75) is 155 Å². The highest BCUT2D eigenvalue weighted by molar-refractivity contribution is 9.11. The zero-order chi connectivity index (χ0) is 40.0. The van der Waals surface area contributed by atoms with Crippen molar-refractivity contribution in [3.63, 3.8) is 0 Å². The molecular formula is C46H56Br2F2N2O2S3. The van der Waals surface area contributed by atoms with Crippen LogP contribution in [-0.4, -0.2) is 8.75 Å². The molecule has 0 unspecified atom stereocenters. The van der Waals surface area contributed by atoms with Crippen LogP contribution < -0.4 is 0 Å². The molecule has 6 aromatic rings. The maximum absolute atomic E-state index is 16.2. The van der Waals surface area contributed by atoms with E-state index in [1.807, 2.05) is 12.1 Å². The topological polar surface area (TPSA) is 52.1 Å². The molecule has 308 valence electrons. The van der Waals surface area contributed by atoms with E-state index in [-0.39, 0.29) is 33.7 Å². The number of furan rings is 2. The number of fused-ring (bicyclic) bond motifs is 1. The first-order valence-corrected chi connectivity index (χ1v) is 25.2. The molecule has 0 aliphatic heterocycles. The number of thiophene rings is 2. The molecule has 0 amide bonds. The molecule has 0 radical (unpaired) electrons. The maximum Gasteiger partial charge on any atom is 0.172 e. The summed E-state index contributed by atoms with van der Waals surface area (Å²) >= 11 is 11.6. The third kappa shape index (κ3) is 12.0. The van der Waals surface area contributed by atoms with E-state index in [0.717, 1.165) is 54.7 Å². The van der Waals surface area contributed by atoms with E-state index in [9.17, 15) is 0 Å². The summed E-state index contributed by atoms with van der Waals surface area (Å²) in [5.74, 6) is -0.424. The molecular weight excluding hydrogens is 907 g/mol. The average Bonchev–Trinajstić information content (AvgIpc) is 4.06. The van der Waals surface area contributed by atoms with E-state index < -0.39 is 11.6 Å². The zero-order valence-electron chi connectivity index (χ0n) is 33.5. The molecule has 0 fully saturated rings. The van der Waals surface area contributed by atoms with Crippen molar-refractivity contribution in [2.75, 3.05) is 0 Å². The summed E-state index contributed by atoms with van der Waals surface area (Å²) in [6, 6.07) is 11.3. The van der Waals surface area contributed by atoms with Crippen LogP contribution in [0.2, 0.25) is 0 Å². The molecule has 0 saturated heterocycles. The van der Waals surface area contributed by atoms with Crippen molar-refractivity contribution in [3.05, 3.63) is 66.7 Å². The summed E-state index contributed by atoms with van der Waals surface area (Å²) in [6.07, 6.45) is 28.1. The van der Waals surface area contributed by atoms with Gasteiger partial charge in [-0.1, -0.05) is 129 Å². The lowest BCUT2D eigenvalue weighted by Gasteiger charge is -2.07. The van der Waals surface area contributed by atoms with Crippen molar-refractivity contribution >= 4 is 77.3 Å². The fourth-order valence-corrected chi connectivity index (χ4v) is 11.6. The van der Waals surface area contributed by atoms with E-state index in [0.29, 0.717) is 11.5 Å². The van der Waals surface area contributed by atoms with E-state index in [4.69, 9.17) is 8.83 Å². The van der Waals surface area contributed by atoms with Crippen molar-refractivity contribution < 1.29 is 17.6 Å². The van der Waals surface area contributed by atoms with Crippen LogP contribution in [0.25, 0.3) is 55.0 Å². The Morgan fingerprint density at radius 3 is 1.19 bits per heavy atom. The Morgan fingerprint density at radius 1 is 0.491 bits per heavy atom. The lowest BCUT2D eigenvalue weighted by Crippen LogP contribution is -1.96. The largest absolute Gasteiger partial charge is 0.455 e. The van der Waals surface area contributed by atoms with Gasteiger partial charge in [-0.05, 0) is 105 Å². The second-order valence-corrected chi connectivity index (χ2v) is 20.6. The molecule has 57 heavy (non-hydrogen) atoms. The van der Waals surface area contributed by atoms with Gasteiger partial charge >= 0.3 is 0 Å². The summed E-state index contributed by atoms with van der Waals surface area (Å²) in [5, 5.41) is 0. The lowest BCUT2D eigenvalue weighted by atomic mass is 10.0. The Hall–Kier alpha value is -2.18. The van der Waals surface area contributed by atoms with Crippen molar-refractivity contribution in [3.8, 4) is 43.9 Å². The second-order valence-electron chi connectivity index (χ2n) is 15.4. The van der Waals surface area contributed by atoms with Gasteiger partial charge in [0.2, 0.25) is 0 Å². The third-order valence-electron chi connectivity index (χ3n) is 10.9. The summed E-state index contributed by atoms with van der Waals surface area (Å²) in [5.41, 5.74) is 2.94. The van der Waals surface area contributed by atoms with Gasteiger partial charge in [-0.2, -0.15) is 8.75 Å². The van der Waals surface area contributed by atoms with Crippen molar-refractivity contribution in [1.82, 2.24) is 8.75 Å². The molecule has 0 aliphatic carbocycles. The molecule has 1 aromatic carbocycles. The highest BCUT2D eigenvalue weighted by Crippen LogP contribution is 2.45. The Balaban J connectivity index is 1.07. The van der Waals surface area contributed by atoms with Gasteiger partial charge in [0.1, 0.15) is 34.1 Å². The highest BCUT2D eigenvalue weighted by Gasteiger charge is 2.29. The number of hydrogen-bond acceptors (Lipinski definition) is 7. The normalized spacial score (nSPS) is 11.8. The van der Waals surface area contributed by atoms with Crippen LogP contribution in [-0.2, 0) is 12.8 Å². The number of unbranched alkanes of at least 4 members (excludes halogenated alkanes) is 18. The van der Waals surface area contributed by atoms with Gasteiger partial charge in [0, 0.05) is 0 Å². The van der Waals surface area contributed by atoms with Gasteiger partial charge in [-0.25, -0.2) is 8.78 Å². The molecule has 0 aliphatic rings. The minimum atomic E-state index is -1.03. The summed E-state index contributed by atoms with van der Waals surface area (Å²) < 4.78 is 55.8. The van der Waals surface area contributed by atoms with Gasteiger partial charge in [0.05, 0.1) is 40.2 Å². The molecule has 6 rings (SSSR count). The molecule has 5 heterocycles. The van der Waals surface area contributed by atoms with Gasteiger partial charge in [0.25, 0.3) is 0 Å². The fraction of sp³-hybridized carbons (Fsp3) is 0.522. The van der Waals surface area contributed by atoms with Gasteiger partial charge < -0.3 is 8.83 Å². The number of hydrogen-bond donors (Lipinski definition) is 0. The first-order valence-electron chi connectivity index (χ1n) is 21.3. The predicted octanol–water partition coefficient (Wildman–Crippen LogP) is 18.4. The first-order chi connectivity index (χ1) is 27.9. The minimum absolute atomic E-state index is 0.0296. The van der Waals surface area contributed by atoms with Crippen LogP contribution in [0.4, 0.5) is 8.78 Å². The number of aromatic nitrogens is 2. The molecule has 11 heteroatoms. The Bertz CT molecular complexity index is 1980. The van der Waals surface area contributed by atoms with E-state index >= 15 is 8.78 Å². The monoisotopic (exact) mass is 960 g/mol. The lowest BCUT2D eigenvalue weighted by molar-refractivity contribution is 0.504. The van der Waals surface area contributed by atoms with Gasteiger partial charge in [0.15, 0.2) is 11.6 Å². The standard InChI is InChI=1S/C46H56Br2F2N2O2S3/c1-3-5-7-9-11-13-15-17-19-21-23-31-29-37(55-45(31)47)33-25-27-35(53-33)39-41(49)42(50)40(44-43(39)51-57-52-44)36-28-26-34(54-36)38-30-32(46(48)56-38)24-22-20-18-16-14-12-10-8-6-4-2/h25-30H,3-24H2,1-2H3. The van der Waals surface area contributed by atoms with Crippen LogP contribution in [0.15, 0.2) is 52.8 Å². The smallest absolute Gasteiger partial charge is 0.172 e. The summed E-state index contributed by atoms with van der Waals surface area (Å²) in [4.78, 5) is 1.88. The molecule has 0 atom stereocenters. The molecule has 0 spiro atoms. The summed E-state index contributed by atoms with van der Waals surface area (Å²) in [6.45, 7) is 4.52. The van der Waals surface area contributed by atoms with Gasteiger partial charge in [-0.3, -0.25) is 0 Å². The number of nitrogens with zero attached hydrogens (tertiary/aromatic N) is 2. The van der Waals surface area contributed by atoms with Crippen LogP contribution in [0.5, 0.6) is 0 Å². The number of benzene rings is 1. The van der Waals surface area contributed by atoms with E-state index in [1.54, 1.807) is 34.8 Å². The Morgan fingerprint density at radius 2 is 0.825 bits per heavy atom. The molecule has 0 saturated carbocycles. The SMILES string of the molecule is CCCCCCCCCCCCc1cc(-c2ccc(-c3c(F)c(F)c(-c4ccc(-c5cc(CCCCCCCCCCCC)c(Br)s5)o4)c4nsnc34)o2)sc1Br. The van der Waals surface area contributed by atoms with Crippen LogP contribution in [0, 0.1) is 11.6 Å². The van der Waals surface area contributed by atoms with Crippen molar-refractivity contribution in [2.24, 2.45) is 0 Å². The molecule has 0 N–H and O–H groups in total. The van der Waals surface area contributed by atoms with Crippen LogP contribution in [0.1, 0.15) is 153 Å². The van der Waals surface area contributed by atoms with E-state index in [2.05, 4.69) is 66.6 Å². The molecule has 5 aromatic heterocycles. The zero-order valence-corrected chi connectivity index (χ0v) is 39.1. The summed E-state index contributed by atoms with van der Waals surface area (Å²) in [7, 11) is 0. The minimum Gasteiger partial charge on any atom is -0.455 e. The number of rotatable bonds is 26. The van der Waals surface area contributed by atoms with Gasteiger partial charge in [-0.15, -0.1) is 22.7 Å². The number of aryl methyl sites for hydroxylation is 2. The van der Waals surface area contributed by atoms with Crippen LogP contribution in [0.3, 0.4) is 0 Å². The predicted molar refractivity (Wildman–Crippen MR) is 246 cm³/mol. The number of halogens is 4. The maximum atomic E-state index is 16.2. The first kappa shape index (κ1) is 44.4. The quantitative estimate of drug-likeness (QED) is 0.0508. The molecule has 0 bridgehead atoms. The molecule has 4 nitrogen and oxygen atoms in total. The average molecular weight is 963 g/mol. The van der Waals surface area contributed by atoms with Crippen LogP contribution >= 0.6 is 66.3 Å².